The number of rotatable bonds is 4. The predicted octanol–water partition coefficient (Wildman–Crippen LogP) is 3.04. The van der Waals surface area contributed by atoms with Crippen LogP contribution in [-0.2, 0) is 11.8 Å². The number of carbonyl (C=O) groups is 1. The van der Waals surface area contributed by atoms with Crippen molar-refractivity contribution in [3.8, 4) is 11.5 Å². The number of amides is 1. The molecule has 2 aliphatic rings. The molecule has 7 heteroatoms. The van der Waals surface area contributed by atoms with Crippen LogP contribution in [0.5, 0.6) is 11.5 Å². The molecule has 1 fully saturated rings. The van der Waals surface area contributed by atoms with Gasteiger partial charge in [-0.2, -0.15) is 0 Å². The average Bonchev–Trinajstić information content (AvgIpc) is 3.23. The fraction of sp³-hybridized carbons (Fsp3) is 0.474. The Kier molecular flexibility index (Phi) is 5.06. The molecule has 1 amide bonds. The fourth-order valence-corrected chi connectivity index (χ4v) is 4.32. The van der Waals surface area contributed by atoms with Crippen molar-refractivity contribution < 1.29 is 14.3 Å². The van der Waals surface area contributed by atoms with Gasteiger partial charge in [0, 0.05) is 32.4 Å². The van der Waals surface area contributed by atoms with Crippen molar-refractivity contribution in [2.75, 3.05) is 25.5 Å². The molecule has 4 rings (SSSR count). The van der Waals surface area contributed by atoms with Gasteiger partial charge in [0.25, 0.3) is 0 Å². The van der Waals surface area contributed by atoms with Crippen LogP contribution in [0.15, 0.2) is 35.7 Å². The minimum Gasteiger partial charge on any atom is -0.490 e. The molecule has 1 aromatic heterocycles. The van der Waals surface area contributed by atoms with E-state index in [1.165, 1.54) is 11.8 Å². The van der Waals surface area contributed by atoms with Gasteiger partial charge in [-0.15, -0.1) is 0 Å². The molecular weight excluding hydrogens is 350 g/mol. The summed E-state index contributed by atoms with van der Waals surface area (Å²) in [6, 6.07) is 6.19. The van der Waals surface area contributed by atoms with Crippen molar-refractivity contribution in [3.63, 3.8) is 0 Å². The van der Waals surface area contributed by atoms with E-state index in [0.717, 1.165) is 48.0 Å². The van der Waals surface area contributed by atoms with Gasteiger partial charge in [0.15, 0.2) is 16.7 Å². The number of aryl methyl sites for hydroxylation is 1. The van der Waals surface area contributed by atoms with E-state index in [1.807, 2.05) is 34.8 Å². The van der Waals surface area contributed by atoms with Gasteiger partial charge in [-0.1, -0.05) is 17.8 Å². The Bertz CT molecular complexity index is 792. The van der Waals surface area contributed by atoms with Crippen LogP contribution in [0.3, 0.4) is 0 Å². The second kappa shape index (κ2) is 7.61. The number of aromatic nitrogens is 2. The highest BCUT2D eigenvalue weighted by atomic mass is 32.2. The Morgan fingerprint density at radius 3 is 2.92 bits per heavy atom. The first kappa shape index (κ1) is 17.3. The standard InChI is InChI=1S/C19H23N3O3S/c1-21-9-7-20-19(21)26-13-18(23)22-8-2-4-15(22)14-5-6-16-17(12-14)25-11-3-10-24-16/h5-7,9,12,15H,2-4,8,10-11,13H2,1H3. The molecule has 2 aliphatic heterocycles. The second-order valence-corrected chi connectivity index (χ2v) is 7.55. The predicted molar refractivity (Wildman–Crippen MR) is 99.7 cm³/mol. The first-order valence-corrected chi connectivity index (χ1v) is 10.00. The van der Waals surface area contributed by atoms with Gasteiger partial charge < -0.3 is 18.9 Å². The van der Waals surface area contributed by atoms with Crippen LogP contribution in [0.1, 0.15) is 30.9 Å². The number of thioether (sulfide) groups is 1. The number of carbonyl (C=O) groups excluding carboxylic acids is 1. The second-order valence-electron chi connectivity index (χ2n) is 6.61. The molecule has 1 atom stereocenters. The van der Waals surface area contributed by atoms with Crippen LogP contribution in [0, 0.1) is 0 Å². The van der Waals surface area contributed by atoms with Gasteiger partial charge in [0.05, 0.1) is 25.0 Å². The fourth-order valence-electron chi connectivity index (χ4n) is 3.50. The minimum atomic E-state index is 0.113. The van der Waals surface area contributed by atoms with Crippen molar-refractivity contribution in [3.05, 3.63) is 36.2 Å². The van der Waals surface area contributed by atoms with Crippen LogP contribution < -0.4 is 9.47 Å². The lowest BCUT2D eigenvalue weighted by Crippen LogP contribution is -2.32. The molecule has 0 spiro atoms. The lowest BCUT2D eigenvalue weighted by Gasteiger charge is -2.25. The maximum atomic E-state index is 12.8. The highest BCUT2D eigenvalue weighted by molar-refractivity contribution is 7.99. The summed E-state index contributed by atoms with van der Waals surface area (Å²) >= 11 is 1.49. The topological polar surface area (TPSA) is 56.6 Å². The van der Waals surface area contributed by atoms with Crippen LogP contribution in [0.25, 0.3) is 0 Å². The van der Waals surface area contributed by atoms with Crippen LogP contribution in [0.4, 0.5) is 0 Å². The molecule has 3 heterocycles. The molecule has 0 bridgehead atoms. The zero-order valence-corrected chi connectivity index (χ0v) is 15.7. The molecule has 1 saturated heterocycles. The van der Waals surface area contributed by atoms with E-state index in [9.17, 15) is 4.79 Å². The Morgan fingerprint density at radius 2 is 2.12 bits per heavy atom. The normalized spacial score (nSPS) is 19.4. The average molecular weight is 373 g/mol. The Labute approximate surface area is 157 Å². The van der Waals surface area contributed by atoms with Gasteiger partial charge in [-0.3, -0.25) is 4.79 Å². The third-order valence-corrected chi connectivity index (χ3v) is 5.87. The highest BCUT2D eigenvalue weighted by Crippen LogP contribution is 2.38. The Balaban J connectivity index is 1.47. The molecule has 0 saturated carbocycles. The van der Waals surface area contributed by atoms with Crippen molar-refractivity contribution in [2.45, 2.75) is 30.5 Å². The number of benzene rings is 1. The van der Waals surface area contributed by atoms with Gasteiger partial charge >= 0.3 is 0 Å². The van der Waals surface area contributed by atoms with E-state index in [1.54, 1.807) is 6.20 Å². The number of nitrogens with zero attached hydrogens (tertiary/aromatic N) is 3. The van der Waals surface area contributed by atoms with Gasteiger partial charge in [0.1, 0.15) is 0 Å². The van der Waals surface area contributed by atoms with Crippen LogP contribution >= 0.6 is 11.8 Å². The number of hydrogen-bond acceptors (Lipinski definition) is 5. The Hall–Kier alpha value is -2.15. The largest absolute Gasteiger partial charge is 0.490 e. The Morgan fingerprint density at radius 1 is 1.27 bits per heavy atom. The SMILES string of the molecule is Cn1ccnc1SCC(=O)N1CCCC1c1ccc2c(c1)OCCCO2. The maximum absolute atomic E-state index is 12.8. The van der Waals surface area contributed by atoms with E-state index in [2.05, 4.69) is 11.1 Å². The molecule has 6 nitrogen and oxygen atoms in total. The summed E-state index contributed by atoms with van der Waals surface area (Å²) in [5.74, 6) is 2.16. The molecule has 0 radical (unpaired) electrons. The number of fused-ring (bicyclic) bond motifs is 1. The van der Waals surface area contributed by atoms with E-state index < -0.39 is 0 Å². The molecule has 138 valence electrons. The first-order valence-electron chi connectivity index (χ1n) is 9.01. The first-order chi connectivity index (χ1) is 12.7. The molecule has 1 aromatic carbocycles. The molecule has 26 heavy (non-hydrogen) atoms. The molecule has 2 aromatic rings. The lowest BCUT2D eigenvalue weighted by molar-refractivity contribution is -0.129. The van der Waals surface area contributed by atoms with Gasteiger partial charge in [-0.25, -0.2) is 4.98 Å². The van der Waals surface area contributed by atoms with Crippen molar-refractivity contribution >= 4 is 17.7 Å². The van der Waals surface area contributed by atoms with E-state index in [0.29, 0.717) is 19.0 Å². The van der Waals surface area contributed by atoms with Crippen LogP contribution in [0.2, 0.25) is 0 Å². The maximum Gasteiger partial charge on any atom is 0.233 e. The smallest absolute Gasteiger partial charge is 0.233 e. The summed E-state index contributed by atoms with van der Waals surface area (Å²) < 4.78 is 13.5. The summed E-state index contributed by atoms with van der Waals surface area (Å²) in [6.45, 7) is 2.16. The number of imidazole rings is 1. The zero-order valence-electron chi connectivity index (χ0n) is 14.9. The van der Waals surface area contributed by atoms with E-state index in [4.69, 9.17) is 9.47 Å². The molecule has 0 N–H and O–H groups in total. The summed E-state index contributed by atoms with van der Waals surface area (Å²) in [7, 11) is 1.94. The minimum absolute atomic E-state index is 0.113. The number of likely N-dealkylation sites (tertiary alicyclic amines) is 1. The van der Waals surface area contributed by atoms with E-state index >= 15 is 0 Å². The van der Waals surface area contributed by atoms with Crippen LogP contribution in [-0.4, -0.2) is 45.9 Å². The monoisotopic (exact) mass is 373 g/mol. The summed E-state index contributed by atoms with van der Waals surface area (Å²) in [6.07, 6.45) is 6.55. The summed E-state index contributed by atoms with van der Waals surface area (Å²) in [5, 5.41) is 0.865. The number of hydrogen-bond donors (Lipinski definition) is 0. The van der Waals surface area contributed by atoms with E-state index in [-0.39, 0.29) is 11.9 Å². The summed E-state index contributed by atoms with van der Waals surface area (Å²) in [4.78, 5) is 19.1. The zero-order chi connectivity index (χ0) is 17.9. The van der Waals surface area contributed by atoms with Gasteiger partial charge in [-0.05, 0) is 30.5 Å². The summed E-state index contributed by atoms with van der Waals surface area (Å²) in [5.41, 5.74) is 1.13. The van der Waals surface area contributed by atoms with Crippen molar-refractivity contribution in [1.82, 2.24) is 14.5 Å². The molecule has 0 aliphatic carbocycles. The molecular formula is C19H23N3O3S. The van der Waals surface area contributed by atoms with Crippen molar-refractivity contribution in [2.24, 2.45) is 7.05 Å². The lowest BCUT2D eigenvalue weighted by atomic mass is 10.0. The quantitative estimate of drug-likeness (QED) is 0.771. The highest BCUT2D eigenvalue weighted by Gasteiger charge is 2.30. The molecule has 1 unspecified atom stereocenters. The van der Waals surface area contributed by atoms with Crippen molar-refractivity contribution in [1.29, 1.82) is 0 Å². The third kappa shape index (κ3) is 3.53. The third-order valence-electron chi connectivity index (χ3n) is 4.83. The number of ether oxygens (including phenoxy) is 2. The van der Waals surface area contributed by atoms with Gasteiger partial charge in [0.2, 0.25) is 5.91 Å².